The van der Waals surface area contributed by atoms with Crippen LogP contribution in [0.1, 0.15) is 6.92 Å². The van der Waals surface area contributed by atoms with Crippen molar-refractivity contribution in [1.29, 1.82) is 0 Å². The number of hydrogen-bond acceptors (Lipinski definition) is 4. The molecule has 0 spiro atoms. The lowest BCUT2D eigenvalue weighted by atomic mass is 9.96. The molecule has 100 valence electrons. The number of hydrogen-bond donors (Lipinski definition) is 0. The van der Waals surface area contributed by atoms with Crippen LogP contribution in [0.3, 0.4) is 0 Å². The zero-order valence-electron chi connectivity index (χ0n) is 9.77. The summed E-state index contributed by atoms with van der Waals surface area (Å²) >= 11 is 9.10. The Morgan fingerprint density at radius 3 is 2.44 bits per heavy atom. The highest BCUT2D eigenvalue weighted by molar-refractivity contribution is 9.10. The summed E-state index contributed by atoms with van der Waals surface area (Å²) in [6.07, 6.45) is 0. The molecule has 0 amide bonds. The highest BCUT2D eigenvalue weighted by atomic mass is 79.9. The lowest BCUT2D eigenvalue weighted by molar-refractivity contribution is 0.0201. The second kappa shape index (κ2) is 5.51. The Bertz CT molecular complexity index is 453. The van der Waals surface area contributed by atoms with E-state index >= 15 is 0 Å². The standard InChI is InChI=1S/C11H13BrClO4P/c1-11(6-13)7-15-18(14,16-8-11)17-10-4-2-9(12)3-5-10/h2-5H,6-8H2,1H3. The molecule has 0 atom stereocenters. The number of rotatable bonds is 3. The molecule has 1 fully saturated rings. The molecule has 1 aliphatic heterocycles. The van der Waals surface area contributed by atoms with Gasteiger partial charge < -0.3 is 4.52 Å². The predicted molar refractivity (Wildman–Crippen MR) is 73.1 cm³/mol. The number of alkyl halides is 1. The maximum absolute atomic E-state index is 12.2. The monoisotopic (exact) mass is 354 g/mol. The Balaban J connectivity index is 2.02. The van der Waals surface area contributed by atoms with Gasteiger partial charge in [-0.3, -0.25) is 9.05 Å². The molecule has 1 aromatic carbocycles. The second-order valence-corrected chi connectivity index (χ2v) is 7.26. The van der Waals surface area contributed by atoms with E-state index in [1.165, 1.54) is 0 Å². The number of benzene rings is 1. The van der Waals surface area contributed by atoms with Crippen molar-refractivity contribution in [3.8, 4) is 5.75 Å². The van der Waals surface area contributed by atoms with Crippen molar-refractivity contribution in [2.45, 2.75) is 6.92 Å². The third kappa shape index (κ3) is 3.49. The van der Waals surface area contributed by atoms with E-state index in [0.717, 1.165) is 4.47 Å². The Kier molecular flexibility index (Phi) is 4.40. The molecule has 1 saturated heterocycles. The van der Waals surface area contributed by atoms with Gasteiger partial charge in [0.15, 0.2) is 0 Å². The summed E-state index contributed by atoms with van der Waals surface area (Å²) in [4.78, 5) is 0. The van der Waals surface area contributed by atoms with Crippen LogP contribution in [0.2, 0.25) is 0 Å². The van der Waals surface area contributed by atoms with Crippen LogP contribution >= 0.6 is 35.4 Å². The van der Waals surface area contributed by atoms with Gasteiger partial charge in [0.25, 0.3) is 0 Å². The smallest absolute Gasteiger partial charge is 0.404 e. The quantitative estimate of drug-likeness (QED) is 0.601. The highest BCUT2D eigenvalue weighted by Crippen LogP contribution is 2.54. The Labute approximate surface area is 119 Å². The lowest BCUT2D eigenvalue weighted by Gasteiger charge is -2.34. The number of phosphoric ester groups is 1. The Morgan fingerprint density at radius 1 is 1.39 bits per heavy atom. The minimum Gasteiger partial charge on any atom is -0.404 e. The van der Waals surface area contributed by atoms with E-state index in [1.807, 2.05) is 6.92 Å². The van der Waals surface area contributed by atoms with E-state index in [2.05, 4.69) is 15.9 Å². The molecule has 1 heterocycles. The largest absolute Gasteiger partial charge is 0.530 e. The maximum atomic E-state index is 12.2. The van der Waals surface area contributed by atoms with Gasteiger partial charge in [0.1, 0.15) is 5.75 Å². The van der Waals surface area contributed by atoms with Crippen molar-refractivity contribution < 1.29 is 18.1 Å². The van der Waals surface area contributed by atoms with Gasteiger partial charge in [0.05, 0.1) is 13.2 Å². The van der Waals surface area contributed by atoms with Crippen LogP contribution < -0.4 is 4.52 Å². The van der Waals surface area contributed by atoms with Gasteiger partial charge in [0.2, 0.25) is 0 Å². The van der Waals surface area contributed by atoms with Crippen molar-refractivity contribution >= 4 is 35.4 Å². The van der Waals surface area contributed by atoms with E-state index in [9.17, 15) is 4.57 Å². The van der Waals surface area contributed by atoms with Gasteiger partial charge in [0, 0.05) is 15.8 Å². The molecule has 0 N–H and O–H groups in total. The molecular formula is C11H13BrClO4P. The van der Waals surface area contributed by atoms with Crippen molar-refractivity contribution in [2.24, 2.45) is 5.41 Å². The molecule has 0 aromatic heterocycles. The van der Waals surface area contributed by atoms with Crippen LogP contribution in [0.4, 0.5) is 0 Å². The molecule has 0 aliphatic carbocycles. The summed E-state index contributed by atoms with van der Waals surface area (Å²) in [5, 5.41) is 0. The molecule has 2 rings (SSSR count). The molecule has 4 nitrogen and oxygen atoms in total. The van der Waals surface area contributed by atoms with E-state index in [0.29, 0.717) is 11.6 Å². The summed E-state index contributed by atoms with van der Waals surface area (Å²) in [6, 6.07) is 6.94. The first-order valence-electron chi connectivity index (χ1n) is 5.35. The molecule has 1 aromatic rings. The zero-order chi connectivity index (χ0) is 13.2. The predicted octanol–water partition coefficient (Wildman–Crippen LogP) is 4.23. The van der Waals surface area contributed by atoms with Crippen LogP contribution in [0.25, 0.3) is 0 Å². The zero-order valence-corrected chi connectivity index (χ0v) is 13.0. The average molecular weight is 356 g/mol. The number of phosphoric acid groups is 1. The molecule has 18 heavy (non-hydrogen) atoms. The minimum atomic E-state index is -3.52. The fourth-order valence-electron chi connectivity index (χ4n) is 1.30. The average Bonchev–Trinajstić information content (AvgIpc) is 2.37. The molecule has 1 aliphatic rings. The van der Waals surface area contributed by atoms with Crippen molar-refractivity contribution in [3.63, 3.8) is 0 Å². The van der Waals surface area contributed by atoms with Crippen LogP contribution in [-0.4, -0.2) is 19.1 Å². The minimum absolute atomic E-state index is 0.254. The van der Waals surface area contributed by atoms with E-state index in [4.69, 9.17) is 25.2 Å². The van der Waals surface area contributed by atoms with Gasteiger partial charge >= 0.3 is 7.82 Å². The third-order valence-electron chi connectivity index (χ3n) is 2.50. The molecular weight excluding hydrogens is 342 g/mol. The highest BCUT2D eigenvalue weighted by Gasteiger charge is 2.41. The van der Waals surface area contributed by atoms with Crippen LogP contribution in [0.15, 0.2) is 28.7 Å². The van der Waals surface area contributed by atoms with Crippen LogP contribution in [0.5, 0.6) is 5.75 Å². The second-order valence-electron chi connectivity index (χ2n) is 4.48. The first-order chi connectivity index (χ1) is 8.45. The fourth-order valence-corrected chi connectivity index (χ4v) is 3.22. The summed E-state index contributed by atoms with van der Waals surface area (Å²) in [6.45, 7) is 2.41. The molecule has 0 saturated carbocycles. The Hall–Kier alpha value is -0.0600. The molecule has 0 unspecified atom stereocenters. The van der Waals surface area contributed by atoms with Crippen LogP contribution in [0, 0.1) is 5.41 Å². The van der Waals surface area contributed by atoms with Crippen molar-refractivity contribution in [3.05, 3.63) is 28.7 Å². The summed E-state index contributed by atoms with van der Waals surface area (Å²) in [5.74, 6) is 0.821. The van der Waals surface area contributed by atoms with Crippen molar-refractivity contribution in [2.75, 3.05) is 19.1 Å². The first kappa shape index (κ1) is 14.4. The topological polar surface area (TPSA) is 44.8 Å². The van der Waals surface area contributed by atoms with E-state index in [-0.39, 0.29) is 18.6 Å². The number of halogens is 2. The first-order valence-corrected chi connectivity index (χ1v) is 8.14. The fraction of sp³-hybridized carbons (Fsp3) is 0.455. The van der Waals surface area contributed by atoms with E-state index in [1.54, 1.807) is 24.3 Å². The maximum Gasteiger partial charge on any atom is 0.530 e. The van der Waals surface area contributed by atoms with Gasteiger partial charge in [-0.15, -0.1) is 11.6 Å². The SMILES string of the molecule is CC1(CCl)COP(=O)(Oc2ccc(Br)cc2)OC1. The normalized spacial score (nSPS) is 32.2. The van der Waals surface area contributed by atoms with Gasteiger partial charge in [-0.1, -0.05) is 22.9 Å². The summed E-state index contributed by atoms with van der Waals surface area (Å²) < 4.78 is 28.8. The Morgan fingerprint density at radius 2 is 1.94 bits per heavy atom. The van der Waals surface area contributed by atoms with Gasteiger partial charge in [-0.2, -0.15) is 0 Å². The molecule has 0 bridgehead atoms. The lowest BCUT2D eigenvalue weighted by Crippen LogP contribution is -2.35. The molecule has 0 radical (unpaired) electrons. The van der Waals surface area contributed by atoms with Gasteiger partial charge in [-0.25, -0.2) is 4.57 Å². The van der Waals surface area contributed by atoms with Crippen LogP contribution in [-0.2, 0) is 13.6 Å². The summed E-state index contributed by atoms with van der Waals surface area (Å²) in [5.41, 5.74) is -0.321. The van der Waals surface area contributed by atoms with Gasteiger partial charge in [-0.05, 0) is 24.3 Å². The molecule has 7 heteroatoms. The third-order valence-corrected chi connectivity index (χ3v) is 4.99. The van der Waals surface area contributed by atoms with Crippen molar-refractivity contribution in [1.82, 2.24) is 0 Å². The van der Waals surface area contributed by atoms with E-state index < -0.39 is 7.82 Å². The summed E-state index contributed by atoms with van der Waals surface area (Å²) in [7, 11) is -3.52.